The van der Waals surface area contributed by atoms with E-state index in [1.807, 2.05) is 34.6 Å². The Morgan fingerprint density at radius 2 is 2.06 bits per heavy atom. The number of nitrogens with zero attached hydrogens (tertiary/aromatic N) is 4. The standard InChI is InChI=1S/C27H32FN5O/c1-17(28)6-9-21-13-24(33(18(21)2)15-20-7-8-20)26-19(3)32-12-10-22(14-25(32)30-26)27(34)31-11-4-5-23(29)16-31/h6,9-10,12-14,20,23H,1,4-5,7-8,11,15-16,29H2,2-3H3/b9-6-/t23-/m1/s1. The molecule has 1 saturated heterocycles. The Morgan fingerprint density at radius 3 is 2.76 bits per heavy atom. The molecule has 1 aliphatic heterocycles. The van der Waals surface area contributed by atoms with E-state index in [0.717, 1.165) is 59.9 Å². The van der Waals surface area contributed by atoms with E-state index in [4.69, 9.17) is 10.7 Å². The van der Waals surface area contributed by atoms with Crippen molar-refractivity contribution in [1.82, 2.24) is 18.9 Å². The Kier molecular flexibility index (Phi) is 5.90. The third-order valence-electron chi connectivity index (χ3n) is 7.09. The van der Waals surface area contributed by atoms with Gasteiger partial charge in [0.1, 0.15) is 17.2 Å². The van der Waals surface area contributed by atoms with Gasteiger partial charge in [0, 0.05) is 48.8 Å². The zero-order valence-electron chi connectivity index (χ0n) is 19.9. The van der Waals surface area contributed by atoms with Crippen molar-refractivity contribution < 1.29 is 9.18 Å². The second kappa shape index (κ2) is 8.87. The van der Waals surface area contributed by atoms with Gasteiger partial charge in [0.15, 0.2) is 0 Å². The predicted octanol–water partition coefficient (Wildman–Crippen LogP) is 4.89. The number of allylic oxidation sites excluding steroid dienone is 2. The predicted molar refractivity (Wildman–Crippen MR) is 133 cm³/mol. The molecule has 4 heterocycles. The monoisotopic (exact) mass is 461 g/mol. The van der Waals surface area contributed by atoms with Crippen LogP contribution in [0.3, 0.4) is 0 Å². The third-order valence-corrected chi connectivity index (χ3v) is 7.09. The van der Waals surface area contributed by atoms with Gasteiger partial charge in [-0.2, -0.15) is 0 Å². The Labute approximate surface area is 199 Å². The van der Waals surface area contributed by atoms with Crippen LogP contribution in [0.15, 0.2) is 42.9 Å². The molecular weight excluding hydrogens is 429 g/mol. The van der Waals surface area contributed by atoms with Crippen LogP contribution < -0.4 is 5.73 Å². The number of halogens is 1. The lowest BCUT2D eigenvalue weighted by atomic mass is 10.1. The summed E-state index contributed by atoms with van der Waals surface area (Å²) >= 11 is 0. The van der Waals surface area contributed by atoms with Crippen LogP contribution in [0.1, 0.15) is 53.0 Å². The average molecular weight is 462 g/mol. The van der Waals surface area contributed by atoms with Crippen molar-refractivity contribution in [3.05, 3.63) is 65.4 Å². The Balaban J connectivity index is 1.53. The highest BCUT2D eigenvalue weighted by molar-refractivity contribution is 5.95. The highest BCUT2D eigenvalue weighted by Gasteiger charge is 2.27. The molecule has 1 saturated carbocycles. The van der Waals surface area contributed by atoms with Crippen LogP contribution in [0.2, 0.25) is 0 Å². The molecule has 0 unspecified atom stereocenters. The fraction of sp³-hybridized carbons (Fsp3) is 0.407. The second-order valence-corrected chi connectivity index (χ2v) is 9.75. The molecule has 0 bridgehead atoms. The van der Waals surface area contributed by atoms with E-state index in [1.54, 1.807) is 6.08 Å². The Hall–Kier alpha value is -3.19. The molecule has 2 aliphatic rings. The van der Waals surface area contributed by atoms with Gasteiger partial charge < -0.3 is 19.6 Å². The molecule has 3 aromatic rings. The van der Waals surface area contributed by atoms with Gasteiger partial charge in [0.2, 0.25) is 0 Å². The summed E-state index contributed by atoms with van der Waals surface area (Å²) < 4.78 is 17.6. The summed E-state index contributed by atoms with van der Waals surface area (Å²) in [4.78, 5) is 19.9. The van der Waals surface area contributed by atoms with Gasteiger partial charge in [-0.1, -0.05) is 12.7 Å². The number of imidazole rings is 1. The summed E-state index contributed by atoms with van der Waals surface area (Å²) in [5.41, 5.74) is 12.4. The molecule has 7 heteroatoms. The van der Waals surface area contributed by atoms with E-state index in [0.29, 0.717) is 18.0 Å². The summed E-state index contributed by atoms with van der Waals surface area (Å²) in [6.45, 7) is 9.71. The van der Waals surface area contributed by atoms with E-state index in [9.17, 15) is 9.18 Å². The molecule has 1 amide bonds. The molecule has 34 heavy (non-hydrogen) atoms. The number of aryl methyl sites for hydroxylation is 1. The number of nitrogens with two attached hydrogens (primary N) is 1. The SMILES string of the molecule is C=C(F)/C=C\c1cc(-c2nc3cc(C(=O)N4CCC[C@@H](N)C4)ccn3c2C)n(CC2CC2)c1C. The molecule has 0 radical (unpaired) electrons. The van der Waals surface area contributed by atoms with E-state index < -0.39 is 5.83 Å². The van der Waals surface area contributed by atoms with Crippen LogP contribution in [-0.4, -0.2) is 43.9 Å². The fourth-order valence-electron chi connectivity index (χ4n) is 4.93. The van der Waals surface area contributed by atoms with Crippen molar-refractivity contribution in [2.75, 3.05) is 13.1 Å². The van der Waals surface area contributed by atoms with Crippen LogP contribution in [-0.2, 0) is 6.54 Å². The van der Waals surface area contributed by atoms with Gasteiger partial charge in [-0.15, -0.1) is 0 Å². The molecule has 2 N–H and O–H groups in total. The lowest BCUT2D eigenvalue weighted by Crippen LogP contribution is -2.45. The number of piperidine rings is 1. The number of carbonyl (C=O) groups is 1. The molecule has 1 atom stereocenters. The molecule has 0 aromatic carbocycles. The average Bonchev–Trinajstić information content (AvgIpc) is 3.51. The minimum atomic E-state index is -0.466. The molecular formula is C27H32FN5O. The van der Waals surface area contributed by atoms with E-state index in [-0.39, 0.29) is 11.9 Å². The minimum absolute atomic E-state index is 0.00619. The highest BCUT2D eigenvalue weighted by Crippen LogP contribution is 2.36. The van der Waals surface area contributed by atoms with Crippen molar-refractivity contribution in [3.8, 4) is 11.4 Å². The van der Waals surface area contributed by atoms with Crippen LogP contribution in [0.5, 0.6) is 0 Å². The van der Waals surface area contributed by atoms with Crippen molar-refractivity contribution in [1.29, 1.82) is 0 Å². The molecule has 5 rings (SSSR count). The minimum Gasteiger partial charge on any atom is -0.343 e. The van der Waals surface area contributed by atoms with Gasteiger partial charge >= 0.3 is 0 Å². The van der Waals surface area contributed by atoms with Crippen LogP contribution in [0.25, 0.3) is 23.1 Å². The van der Waals surface area contributed by atoms with Crippen molar-refractivity contribution in [3.63, 3.8) is 0 Å². The summed E-state index contributed by atoms with van der Waals surface area (Å²) in [6, 6.07) is 5.85. The first-order chi connectivity index (χ1) is 16.3. The molecule has 2 fully saturated rings. The quantitative estimate of drug-likeness (QED) is 0.532. The molecule has 6 nitrogen and oxygen atoms in total. The van der Waals surface area contributed by atoms with E-state index in [2.05, 4.69) is 24.1 Å². The number of pyridine rings is 1. The smallest absolute Gasteiger partial charge is 0.254 e. The number of aromatic nitrogens is 3. The molecule has 0 spiro atoms. The van der Waals surface area contributed by atoms with Gasteiger partial charge in [-0.25, -0.2) is 9.37 Å². The number of hydrogen-bond acceptors (Lipinski definition) is 3. The largest absolute Gasteiger partial charge is 0.343 e. The number of likely N-dealkylation sites (tertiary alicyclic amines) is 1. The lowest BCUT2D eigenvalue weighted by molar-refractivity contribution is 0.0709. The van der Waals surface area contributed by atoms with Crippen LogP contribution in [0.4, 0.5) is 4.39 Å². The summed E-state index contributed by atoms with van der Waals surface area (Å²) in [7, 11) is 0. The van der Waals surface area contributed by atoms with Gasteiger partial charge in [0.25, 0.3) is 5.91 Å². The number of carbonyl (C=O) groups excluding carboxylic acids is 1. The summed E-state index contributed by atoms with van der Waals surface area (Å²) in [5.74, 6) is 0.216. The van der Waals surface area contributed by atoms with Crippen LogP contribution in [0, 0.1) is 19.8 Å². The first-order valence-corrected chi connectivity index (χ1v) is 12.1. The zero-order valence-corrected chi connectivity index (χ0v) is 19.9. The zero-order chi connectivity index (χ0) is 24.0. The number of amides is 1. The van der Waals surface area contributed by atoms with E-state index >= 15 is 0 Å². The molecule has 3 aromatic heterocycles. The lowest BCUT2D eigenvalue weighted by Gasteiger charge is -2.30. The molecule has 178 valence electrons. The normalized spacial score (nSPS) is 18.8. The number of hydrogen-bond donors (Lipinski definition) is 1. The van der Waals surface area contributed by atoms with Gasteiger partial charge in [0.05, 0.1) is 5.69 Å². The Morgan fingerprint density at radius 1 is 1.26 bits per heavy atom. The third kappa shape index (κ3) is 4.32. The van der Waals surface area contributed by atoms with Gasteiger partial charge in [-0.05, 0) is 75.3 Å². The summed E-state index contributed by atoms with van der Waals surface area (Å²) in [5, 5.41) is 0. The summed E-state index contributed by atoms with van der Waals surface area (Å²) in [6.07, 6.45) is 9.46. The topological polar surface area (TPSA) is 68.6 Å². The van der Waals surface area contributed by atoms with Crippen LogP contribution >= 0.6 is 0 Å². The van der Waals surface area contributed by atoms with E-state index in [1.165, 1.54) is 18.9 Å². The highest BCUT2D eigenvalue weighted by atomic mass is 19.1. The van der Waals surface area contributed by atoms with Gasteiger partial charge in [-0.3, -0.25) is 4.79 Å². The second-order valence-electron chi connectivity index (χ2n) is 9.75. The van der Waals surface area contributed by atoms with Crippen molar-refractivity contribution in [2.45, 2.75) is 52.1 Å². The maximum absolute atomic E-state index is 13.3. The first kappa shape index (κ1) is 22.6. The van der Waals surface area contributed by atoms with Crippen molar-refractivity contribution in [2.24, 2.45) is 11.7 Å². The van der Waals surface area contributed by atoms with Crippen molar-refractivity contribution >= 4 is 17.6 Å². The fourth-order valence-corrected chi connectivity index (χ4v) is 4.93. The number of fused-ring (bicyclic) bond motifs is 1. The molecule has 1 aliphatic carbocycles. The number of rotatable bonds is 6. The first-order valence-electron chi connectivity index (χ1n) is 12.1. The maximum atomic E-state index is 13.3. The maximum Gasteiger partial charge on any atom is 0.254 e. The Bertz CT molecular complexity index is 1300.